The summed E-state index contributed by atoms with van der Waals surface area (Å²) in [4.78, 5) is 37.1. The zero-order chi connectivity index (χ0) is 38.5. The Kier molecular flexibility index (Phi) is 33.6. The molecule has 0 spiro atoms. The Balaban J connectivity index is 2.13. The van der Waals surface area contributed by atoms with Crippen LogP contribution in [-0.2, 0) is 9.59 Å². The largest absolute Gasteiger partial charge is 0.478 e. The van der Waals surface area contributed by atoms with Crippen molar-refractivity contribution in [2.24, 2.45) is 0 Å². The van der Waals surface area contributed by atoms with Gasteiger partial charge in [0.2, 0.25) is 11.8 Å². The van der Waals surface area contributed by atoms with Crippen LogP contribution < -0.4 is 10.6 Å². The number of rotatable bonds is 39. The molecule has 1 rings (SSSR count). The number of nitrogens with one attached hydrogen (secondary N) is 2. The molecular weight excluding hydrogens is 657 g/mol. The average molecular weight is 741 g/mol. The number of benzene rings is 1. The van der Waals surface area contributed by atoms with E-state index in [4.69, 9.17) is 0 Å². The van der Waals surface area contributed by atoms with Crippen molar-refractivity contribution in [3.8, 4) is 0 Å². The van der Waals surface area contributed by atoms with Gasteiger partial charge in [-0.2, -0.15) is 0 Å². The van der Waals surface area contributed by atoms with E-state index in [-0.39, 0.29) is 17.4 Å². The van der Waals surface area contributed by atoms with Gasteiger partial charge in [0, 0.05) is 12.8 Å². The second-order valence-electron chi connectivity index (χ2n) is 16.0. The lowest BCUT2D eigenvalue weighted by atomic mass is 10.0. The van der Waals surface area contributed by atoms with Crippen LogP contribution in [0.15, 0.2) is 18.2 Å². The molecule has 0 aliphatic heterocycles. The molecular formula is C47H84N2O4. The van der Waals surface area contributed by atoms with Crippen molar-refractivity contribution in [3.63, 3.8) is 0 Å². The van der Waals surface area contributed by atoms with E-state index in [9.17, 15) is 19.5 Å². The van der Waals surface area contributed by atoms with Gasteiger partial charge in [-0.1, -0.05) is 219 Å². The molecule has 0 saturated heterocycles. The van der Waals surface area contributed by atoms with E-state index in [1.807, 2.05) is 0 Å². The molecule has 306 valence electrons. The summed E-state index contributed by atoms with van der Waals surface area (Å²) in [5.74, 6) is -1.30. The molecule has 2 amide bonds. The minimum absolute atomic E-state index is 0.0873. The maximum Gasteiger partial charge on any atom is 0.335 e. The number of carbonyl (C=O) groups is 3. The van der Waals surface area contributed by atoms with Crippen LogP contribution in [-0.4, -0.2) is 22.9 Å². The van der Waals surface area contributed by atoms with Gasteiger partial charge in [-0.25, -0.2) is 4.79 Å². The van der Waals surface area contributed by atoms with Crippen LogP contribution >= 0.6 is 0 Å². The molecule has 0 saturated carbocycles. The van der Waals surface area contributed by atoms with Crippen LogP contribution in [0, 0.1) is 0 Å². The first kappa shape index (κ1) is 48.6. The van der Waals surface area contributed by atoms with Gasteiger partial charge in [-0.15, -0.1) is 0 Å². The highest BCUT2D eigenvalue weighted by Gasteiger charge is 2.13. The van der Waals surface area contributed by atoms with Crippen LogP contribution in [0.4, 0.5) is 11.4 Å². The molecule has 0 unspecified atom stereocenters. The molecule has 53 heavy (non-hydrogen) atoms. The highest BCUT2D eigenvalue weighted by molar-refractivity contribution is 6.01. The Morgan fingerprint density at radius 2 is 0.660 bits per heavy atom. The van der Waals surface area contributed by atoms with E-state index in [0.717, 1.165) is 38.5 Å². The molecule has 0 radical (unpaired) electrons. The lowest BCUT2D eigenvalue weighted by Gasteiger charge is -2.13. The maximum absolute atomic E-state index is 12.8. The summed E-state index contributed by atoms with van der Waals surface area (Å²) in [5, 5.41) is 15.3. The second-order valence-corrected chi connectivity index (χ2v) is 16.0. The fourth-order valence-corrected chi connectivity index (χ4v) is 7.34. The van der Waals surface area contributed by atoms with Crippen LogP contribution in [0.5, 0.6) is 0 Å². The topological polar surface area (TPSA) is 95.5 Å². The minimum Gasteiger partial charge on any atom is -0.478 e. The Morgan fingerprint density at radius 1 is 0.396 bits per heavy atom. The van der Waals surface area contributed by atoms with E-state index < -0.39 is 5.97 Å². The number of amides is 2. The van der Waals surface area contributed by atoms with E-state index in [1.54, 1.807) is 6.07 Å². The van der Waals surface area contributed by atoms with Gasteiger partial charge in [-0.3, -0.25) is 9.59 Å². The smallest absolute Gasteiger partial charge is 0.335 e. The Labute approximate surface area is 327 Å². The number of carboxylic acids is 1. The first-order valence-corrected chi connectivity index (χ1v) is 22.9. The molecule has 0 bridgehead atoms. The highest BCUT2D eigenvalue weighted by atomic mass is 16.4. The third-order valence-electron chi connectivity index (χ3n) is 10.8. The van der Waals surface area contributed by atoms with Crippen LogP contribution in [0.25, 0.3) is 0 Å². The van der Waals surface area contributed by atoms with Gasteiger partial charge < -0.3 is 15.7 Å². The average Bonchev–Trinajstić information content (AvgIpc) is 3.14. The standard InChI is InChI=1S/C47H84N2O4/c1-3-5-7-9-11-13-15-17-19-21-23-25-27-29-31-33-35-37-45(50)48-43-40-39-42(47(52)53)41-44(43)49-46(51)38-36-34-32-30-28-26-24-22-20-18-16-14-12-10-8-6-4-2/h39-41H,3-38H2,1-2H3,(H,48,50)(H,49,51)(H,52,53). The number of unbranched alkanes of at least 4 members (excludes halogenated alkanes) is 32. The van der Waals surface area contributed by atoms with E-state index in [2.05, 4.69) is 24.5 Å². The van der Waals surface area contributed by atoms with Gasteiger partial charge in [-0.05, 0) is 31.0 Å². The van der Waals surface area contributed by atoms with Gasteiger partial charge in [0.25, 0.3) is 0 Å². The zero-order valence-electron chi connectivity index (χ0n) is 34.9. The molecule has 3 N–H and O–H groups in total. The molecule has 1 aromatic rings. The molecule has 6 heteroatoms. The van der Waals surface area contributed by atoms with E-state index >= 15 is 0 Å². The normalized spacial score (nSPS) is 11.2. The summed E-state index contributed by atoms with van der Waals surface area (Å²) in [6.07, 6.45) is 45.0. The molecule has 6 nitrogen and oxygen atoms in total. The van der Waals surface area contributed by atoms with Crippen LogP contribution in [0.1, 0.15) is 255 Å². The van der Waals surface area contributed by atoms with E-state index in [1.165, 1.54) is 192 Å². The van der Waals surface area contributed by atoms with Crippen molar-refractivity contribution in [3.05, 3.63) is 23.8 Å². The summed E-state index contributed by atoms with van der Waals surface area (Å²) in [5.41, 5.74) is 0.907. The predicted molar refractivity (Wildman–Crippen MR) is 228 cm³/mol. The molecule has 0 fully saturated rings. The van der Waals surface area contributed by atoms with Crippen molar-refractivity contribution >= 4 is 29.2 Å². The monoisotopic (exact) mass is 741 g/mol. The predicted octanol–water partition coefficient (Wildman–Crippen LogP) is 15.3. The third kappa shape index (κ3) is 30.6. The summed E-state index contributed by atoms with van der Waals surface area (Å²) in [6, 6.07) is 4.50. The number of aromatic carboxylic acids is 1. The van der Waals surface area contributed by atoms with Crippen molar-refractivity contribution < 1.29 is 19.5 Å². The fourth-order valence-electron chi connectivity index (χ4n) is 7.34. The van der Waals surface area contributed by atoms with Gasteiger partial charge in [0.15, 0.2) is 0 Å². The highest BCUT2D eigenvalue weighted by Crippen LogP contribution is 2.25. The molecule has 0 atom stereocenters. The number of hydrogen-bond donors (Lipinski definition) is 3. The lowest BCUT2D eigenvalue weighted by Crippen LogP contribution is -2.17. The Morgan fingerprint density at radius 3 is 0.943 bits per heavy atom. The first-order valence-electron chi connectivity index (χ1n) is 22.9. The van der Waals surface area contributed by atoms with Crippen molar-refractivity contribution in [1.82, 2.24) is 0 Å². The summed E-state index contributed by atoms with van der Waals surface area (Å²) < 4.78 is 0. The molecule has 1 aromatic carbocycles. The van der Waals surface area contributed by atoms with Crippen LogP contribution in [0.2, 0.25) is 0 Å². The number of anilines is 2. The van der Waals surface area contributed by atoms with Crippen molar-refractivity contribution in [1.29, 1.82) is 0 Å². The first-order chi connectivity index (χ1) is 26.0. The maximum atomic E-state index is 12.8. The Hall–Kier alpha value is -2.37. The molecule has 0 aliphatic rings. The zero-order valence-corrected chi connectivity index (χ0v) is 34.9. The Bertz CT molecular complexity index is 1030. The fraction of sp³-hybridized carbons (Fsp3) is 0.809. The third-order valence-corrected chi connectivity index (χ3v) is 10.8. The summed E-state index contributed by atoms with van der Waals surface area (Å²) in [6.45, 7) is 4.55. The lowest BCUT2D eigenvalue weighted by molar-refractivity contribution is -0.117. The van der Waals surface area contributed by atoms with Gasteiger partial charge in [0.05, 0.1) is 16.9 Å². The molecule has 0 aliphatic carbocycles. The summed E-state index contributed by atoms with van der Waals surface area (Å²) >= 11 is 0. The minimum atomic E-state index is -1.06. The number of carbonyl (C=O) groups excluding carboxylic acids is 2. The van der Waals surface area contributed by atoms with Gasteiger partial charge in [0.1, 0.15) is 0 Å². The van der Waals surface area contributed by atoms with Gasteiger partial charge >= 0.3 is 5.97 Å². The van der Waals surface area contributed by atoms with E-state index in [0.29, 0.717) is 24.2 Å². The van der Waals surface area contributed by atoms with Crippen molar-refractivity contribution in [2.45, 2.75) is 245 Å². The van der Waals surface area contributed by atoms with Crippen molar-refractivity contribution in [2.75, 3.05) is 10.6 Å². The summed E-state index contributed by atoms with van der Waals surface area (Å²) in [7, 11) is 0. The number of hydrogen-bond acceptors (Lipinski definition) is 3. The SMILES string of the molecule is CCCCCCCCCCCCCCCCCCCC(=O)Nc1ccc(C(=O)O)cc1NC(=O)CCCCCCCCCCCCCCCCCCC. The molecule has 0 aromatic heterocycles. The molecule has 0 heterocycles. The quantitative estimate of drug-likeness (QED) is 0.0586. The second kappa shape index (κ2) is 36.6. The number of carboxylic acid groups (broad SMARTS) is 1. The van der Waals surface area contributed by atoms with Crippen LogP contribution in [0.3, 0.4) is 0 Å².